The predicted octanol–water partition coefficient (Wildman–Crippen LogP) is 2.45. The van der Waals surface area contributed by atoms with E-state index in [2.05, 4.69) is 35.0 Å². The number of benzene rings is 1. The highest BCUT2D eigenvalue weighted by atomic mass is 32.2. The van der Waals surface area contributed by atoms with Crippen molar-refractivity contribution in [2.45, 2.75) is 77.8 Å². The number of carbonyl (C=O) groups excluding carboxylic acids is 3. The Balaban J connectivity index is 1.40. The van der Waals surface area contributed by atoms with Gasteiger partial charge in [-0.15, -0.1) is 11.3 Å². The molecule has 12 heteroatoms. The molecule has 3 N–H and O–H groups in total. The van der Waals surface area contributed by atoms with Gasteiger partial charge in [-0.2, -0.15) is 0 Å². The number of aromatic nitrogens is 1. The number of nitrogens with one attached hydrogen (secondary N) is 3. The Bertz CT molecular complexity index is 1340. The van der Waals surface area contributed by atoms with Gasteiger partial charge in [-0.1, -0.05) is 39.7 Å². The van der Waals surface area contributed by atoms with E-state index in [4.69, 9.17) is 4.98 Å². The molecular weight excluding hydrogens is 574 g/mol. The minimum Gasteiger partial charge on any atom is -0.354 e. The lowest BCUT2D eigenvalue weighted by Gasteiger charge is -2.30. The van der Waals surface area contributed by atoms with Crippen LogP contribution in [0.4, 0.5) is 0 Å². The Morgan fingerprint density at radius 1 is 1.07 bits per heavy atom. The average Bonchev–Trinajstić information content (AvgIpc) is 3.65. The molecule has 1 aliphatic carbocycles. The van der Waals surface area contributed by atoms with Crippen LogP contribution in [0.2, 0.25) is 0 Å². The quantitative estimate of drug-likeness (QED) is 0.313. The van der Waals surface area contributed by atoms with Crippen LogP contribution >= 0.6 is 11.3 Å². The Morgan fingerprint density at radius 3 is 2.45 bits per heavy atom. The molecule has 0 spiro atoms. The topological polar surface area (TPSA) is 138 Å². The second kappa shape index (κ2) is 14.7. The first-order chi connectivity index (χ1) is 20.1. The van der Waals surface area contributed by atoms with E-state index in [0.29, 0.717) is 32.6 Å². The van der Waals surface area contributed by atoms with Crippen LogP contribution in [-0.4, -0.2) is 85.8 Å². The molecule has 2 fully saturated rings. The van der Waals surface area contributed by atoms with Crippen LogP contribution in [0, 0.1) is 11.8 Å². The van der Waals surface area contributed by atoms with E-state index >= 15 is 0 Å². The number of amides is 3. The van der Waals surface area contributed by atoms with Crippen molar-refractivity contribution < 1.29 is 22.8 Å². The average molecular weight is 620 g/mol. The van der Waals surface area contributed by atoms with Gasteiger partial charge in [0, 0.05) is 51.0 Å². The second-order valence-electron chi connectivity index (χ2n) is 11.7. The third-order valence-corrected chi connectivity index (χ3v) is 11.1. The molecule has 3 amide bonds. The smallest absolute Gasteiger partial charge is 0.243 e. The van der Waals surface area contributed by atoms with Crippen LogP contribution in [0.5, 0.6) is 0 Å². The Kier molecular flexibility index (Phi) is 11.4. The third-order valence-electron chi connectivity index (χ3n) is 8.47. The van der Waals surface area contributed by atoms with Crippen LogP contribution in [0.15, 0.2) is 18.2 Å². The second-order valence-corrected chi connectivity index (χ2v) is 15.1. The third kappa shape index (κ3) is 8.97. The molecule has 10 nitrogen and oxygen atoms in total. The van der Waals surface area contributed by atoms with Crippen molar-refractivity contribution in [3.63, 3.8) is 0 Å². The number of hydrogen-bond donors (Lipinski definition) is 3. The molecule has 3 atom stereocenters. The number of thiazole rings is 1. The molecule has 232 valence electrons. The van der Waals surface area contributed by atoms with Gasteiger partial charge >= 0.3 is 0 Å². The van der Waals surface area contributed by atoms with Gasteiger partial charge < -0.3 is 20.9 Å². The van der Waals surface area contributed by atoms with Gasteiger partial charge in [0.1, 0.15) is 6.04 Å². The Hall–Kier alpha value is -2.57. The van der Waals surface area contributed by atoms with Crippen molar-refractivity contribution in [3.8, 4) is 0 Å². The fourth-order valence-electron chi connectivity index (χ4n) is 5.77. The normalized spacial score (nSPS) is 19.7. The van der Waals surface area contributed by atoms with E-state index in [1.165, 1.54) is 5.56 Å². The molecule has 0 radical (unpaired) electrons. The van der Waals surface area contributed by atoms with E-state index in [1.54, 1.807) is 18.3 Å². The summed E-state index contributed by atoms with van der Waals surface area (Å²) in [5.74, 6) is -0.386. The van der Waals surface area contributed by atoms with Crippen LogP contribution in [0.3, 0.4) is 0 Å². The van der Waals surface area contributed by atoms with Crippen molar-refractivity contribution in [2.75, 3.05) is 37.7 Å². The molecule has 1 saturated heterocycles. The first-order valence-electron chi connectivity index (χ1n) is 15.3. The standard InChI is InChI=1S/C30H45N5O5S2/c1-4-21-10-11-23-26(16-21)41-28(33-23)17-24(32-27(36)5-2)30(38)34-25(22-8-6-7-9-22)18-31-29(37)20(3)19-35-12-14-42(39,40)15-13-35/h10-11,16,20,22,24-25H,4-9,12-15,17-19H2,1-3H3,(H,31,37)(H,32,36)(H,34,38)/t20?,24-,25+/m0/s1. The molecule has 2 heterocycles. The highest BCUT2D eigenvalue weighted by Gasteiger charge is 2.31. The summed E-state index contributed by atoms with van der Waals surface area (Å²) in [6.45, 7) is 7.41. The minimum absolute atomic E-state index is 0.113. The predicted molar refractivity (Wildman–Crippen MR) is 166 cm³/mol. The first-order valence-corrected chi connectivity index (χ1v) is 17.9. The summed E-state index contributed by atoms with van der Waals surface area (Å²) in [7, 11) is -2.97. The maximum Gasteiger partial charge on any atom is 0.243 e. The van der Waals surface area contributed by atoms with Crippen molar-refractivity contribution in [2.24, 2.45) is 11.8 Å². The van der Waals surface area contributed by atoms with Gasteiger partial charge in [-0.3, -0.25) is 14.4 Å². The van der Waals surface area contributed by atoms with Gasteiger partial charge in [-0.05, 0) is 42.9 Å². The summed E-state index contributed by atoms with van der Waals surface area (Å²) in [4.78, 5) is 45.8. The van der Waals surface area contributed by atoms with Crippen LogP contribution in [0.25, 0.3) is 10.2 Å². The lowest BCUT2D eigenvalue weighted by Crippen LogP contribution is -2.55. The summed E-state index contributed by atoms with van der Waals surface area (Å²) in [6, 6.07) is 5.18. The zero-order chi connectivity index (χ0) is 30.3. The zero-order valence-corrected chi connectivity index (χ0v) is 26.6. The van der Waals surface area contributed by atoms with E-state index < -0.39 is 15.9 Å². The van der Waals surface area contributed by atoms with E-state index in [0.717, 1.165) is 47.3 Å². The van der Waals surface area contributed by atoms with Crippen LogP contribution in [0.1, 0.15) is 63.4 Å². The Labute approximate surface area is 253 Å². The summed E-state index contributed by atoms with van der Waals surface area (Å²) in [6.07, 6.45) is 5.62. The van der Waals surface area contributed by atoms with Crippen LogP contribution < -0.4 is 16.0 Å². The summed E-state index contributed by atoms with van der Waals surface area (Å²) in [5.41, 5.74) is 2.12. The van der Waals surface area contributed by atoms with Gasteiger partial charge in [0.15, 0.2) is 9.84 Å². The molecule has 2 aliphatic rings. The van der Waals surface area contributed by atoms with Crippen LogP contribution in [-0.2, 0) is 37.1 Å². The Morgan fingerprint density at radius 2 is 1.79 bits per heavy atom. The monoisotopic (exact) mass is 619 g/mol. The van der Waals surface area contributed by atoms with Gasteiger partial charge in [0.25, 0.3) is 0 Å². The molecule has 1 aromatic heterocycles. The molecule has 1 aliphatic heterocycles. The number of sulfone groups is 1. The molecule has 1 aromatic carbocycles. The van der Waals surface area contributed by atoms with Crippen molar-refractivity contribution >= 4 is 49.1 Å². The molecule has 1 unspecified atom stereocenters. The maximum atomic E-state index is 13.7. The molecule has 4 rings (SSSR count). The number of aryl methyl sites for hydroxylation is 1. The van der Waals surface area contributed by atoms with Gasteiger partial charge in [0.2, 0.25) is 17.7 Å². The van der Waals surface area contributed by atoms with Gasteiger partial charge in [0.05, 0.1) is 26.7 Å². The van der Waals surface area contributed by atoms with Crippen molar-refractivity contribution in [1.29, 1.82) is 0 Å². The fourth-order valence-corrected chi connectivity index (χ4v) is 8.12. The number of hydrogen-bond acceptors (Lipinski definition) is 8. The van der Waals surface area contributed by atoms with E-state index in [-0.39, 0.29) is 53.5 Å². The number of carbonyl (C=O) groups is 3. The lowest BCUT2D eigenvalue weighted by molar-refractivity contribution is -0.129. The van der Waals surface area contributed by atoms with Gasteiger partial charge in [-0.25, -0.2) is 13.4 Å². The largest absolute Gasteiger partial charge is 0.354 e. The highest BCUT2D eigenvalue weighted by molar-refractivity contribution is 7.91. The molecule has 0 bridgehead atoms. The molecular formula is C30H45N5O5S2. The zero-order valence-electron chi connectivity index (χ0n) is 25.0. The van der Waals surface area contributed by atoms with E-state index in [1.807, 2.05) is 17.9 Å². The summed E-state index contributed by atoms with van der Waals surface area (Å²) < 4.78 is 24.5. The summed E-state index contributed by atoms with van der Waals surface area (Å²) in [5, 5.41) is 9.90. The molecule has 1 saturated carbocycles. The number of fused-ring (bicyclic) bond motifs is 1. The molecule has 42 heavy (non-hydrogen) atoms. The van der Waals surface area contributed by atoms with E-state index in [9.17, 15) is 22.8 Å². The summed E-state index contributed by atoms with van der Waals surface area (Å²) >= 11 is 1.55. The first kappa shape index (κ1) is 32.3. The van der Waals surface area contributed by atoms with Crippen molar-refractivity contribution in [1.82, 2.24) is 25.8 Å². The highest BCUT2D eigenvalue weighted by Crippen LogP contribution is 2.28. The minimum atomic E-state index is -2.97. The van der Waals surface area contributed by atoms with Crippen molar-refractivity contribution in [3.05, 3.63) is 28.8 Å². The maximum absolute atomic E-state index is 13.7. The SMILES string of the molecule is CCC(=O)N[C@@H](Cc1nc2ccc(CC)cc2s1)C(=O)N[C@H](CNC(=O)C(C)CN1CCS(=O)(=O)CC1)C1CCCC1. The lowest BCUT2D eigenvalue weighted by atomic mass is 9.97. The fraction of sp³-hybridized carbons (Fsp3) is 0.667. The number of nitrogens with zero attached hydrogens (tertiary/aromatic N) is 2. The number of rotatable bonds is 13. The molecule has 2 aromatic rings.